The van der Waals surface area contributed by atoms with Crippen LogP contribution in [0.15, 0.2) is 47.2 Å². The molecular formula is C26H28BrN7O3. The summed E-state index contributed by atoms with van der Waals surface area (Å²) in [4.78, 5) is 42.5. The number of ether oxygens (including phenoxy) is 1. The van der Waals surface area contributed by atoms with Crippen molar-refractivity contribution < 1.29 is 14.3 Å². The van der Waals surface area contributed by atoms with Crippen LogP contribution in [-0.2, 0) is 0 Å². The number of imidazole rings is 2. The van der Waals surface area contributed by atoms with E-state index in [0.29, 0.717) is 17.8 Å². The fourth-order valence-corrected chi connectivity index (χ4v) is 4.69. The maximum absolute atomic E-state index is 12.9. The first-order chi connectivity index (χ1) is 18.0. The molecule has 37 heavy (non-hydrogen) atoms. The zero-order valence-electron chi connectivity index (χ0n) is 20.4. The van der Waals surface area contributed by atoms with Crippen molar-refractivity contribution in [1.29, 1.82) is 0 Å². The van der Waals surface area contributed by atoms with Crippen molar-refractivity contribution in [1.82, 2.24) is 24.8 Å². The molecule has 0 atom stereocenters. The highest BCUT2D eigenvalue weighted by Crippen LogP contribution is 2.25. The lowest BCUT2D eigenvalue weighted by atomic mass is 10.1. The molecule has 0 spiro atoms. The van der Waals surface area contributed by atoms with Crippen LogP contribution in [0.25, 0.3) is 11.0 Å². The molecule has 1 saturated heterocycles. The smallest absolute Gasteiger partial charge is 0.276 e. The second kappa shape index (κ2) is 11.1. The predicted molar refractivity (Wildman–Crippen MR) is 145 cm³/mol. The summed E-state index contributed by atoms with van der Waals surface area (Å²) < 4.78 is 6.66. The molecule has 10 nitrogen and oxygen atoms in total. The van der Waals surface area contributed by atoms with Gasteiger partial charge in [0.25, 0.3) is 11.8 Å². The molecule has 0 aliphatic carbocycles. The SMILES string of the molecule is Cc1ccc(Br)c(NC(=O)c2nc[nH]c2C(=O)Nc2nc3ccc(OCCN4CCCCC4)cc3[nH]2)c1. The summed E-state index contributed by atoms with van der Waals surface area (Å²) in [7, 11) is 0. The molecular weight excluding hydrogens is 538 g/mol. The lowest BCUT2D eigenvalue weighted by Crippen LogP contribution is -2.33. The van der Waals surface area contributed by atoms with Crippen LogP contribution in [0.3, 0.4) is 0 Å². The summed E-state index contributed by atoms with van der Waals surface area (Å²) >= 11 is 3.42. The largest absolute Gasteiger partial charge is 0.492 e. The number of H-pyrrole nitrogens is 2. The summed E-state index contributed by atoms with van der Waals surface area (Å²) in [6.45, 7) is 5.72. The Kier molecular flexibility index (Phi) is 7.52. The van der Waals surface area contributed by atoms with E-state index in [1.54, 1.807) is 0 Å². The van der Waals surface area contributed by atoms with Crippen molar-refractivity contribution >= 4 is 50.4 Å². The minimum absolute atomic E-state index is 0.0218. The number of aromatic nitrogens is 4. The second-order valence-corrected chi connectivity index (χ2v) is 9.89. The number of aromatic amines is 2. The van der Waals surface area contributed by atoms with Crippen LogP contribution in [0.5, 0.6) is 5.75 Å². The van der Waals surface area contributed by atoms with Crippen LogP contribution in [-0.4, -0.2) is 62.9 Å². The Labute approximate surface area is 222 Å². The van der Waals surface area contributed by atoms with Crippen LogP contribution >= 0.6 is 15.9 Å². The van der Waals surface area contributed by atoms with Crippen LogP contribution in [0.2, 0.25) is 0 Å². The van der Waals surface area contributed by atoms with E-state index in [-0.39, 0.29) is 17.3 Å². The van der Waals surface area contributed by atoms with Crippen molar-refractivity contribution in [3.63, 3.8) is 0 Å². The van der Waals surface area contributed by atoms with Gasteiger partial charge in [-0.05, 0) is 78.6 Å². The fourth-order valence-electron chi connectivity index (χ4n) is 4.34. The van der Waals surface area contributed by atoms with Gasteiger partial charge in [-0.1, -0.05) is 12.5 Å². The lowest BCUT2D eigenvalue weighted by molar-refractivity contribution is 0.0985. The number of rotatable bonds is 8. The Morgan fingerprint density at radius 1 is 1.08 bits per heavy atom. The number of hydrogen-bond donors (Lipinski definition) is 4. The summed E-state index contributed by atoms with van der Waals surface area (Å²) in [5, 5.41) is 5.49. The Morgan fingerprint density at radius 3 is 2.76 bits per heavy atom. The normalized spacial score (nSPS) is 14.0. The topological polar surface area (TPSA) is 128 Å². The van der Waals surface area contributed by atoms with E-state index in [4.69, 9.17) is 4.74 Å². The molecule has 1 aliphatic heterocycles. The Bertz CT molecular complexity index is 1420. The summed E-state index contributed by atoms with van der Waals surface area (Å²) in [6.07, 6.45) is 5.13. The maximum Gasteiger partial charge on any atom is 0.276 e. The first kappa shape index (κ1) is 25.0. The second-order valence-electron chi connectivity index (χ2n) is 9.03. The van der Waals surface area contributed by atoms with Crippen LogP contribution in [0.1, 0.15) is 45.8 Å². The van der Waals surface area contributed by atoms with Crippen molar-refractivity contribution in [3.8, 4) is 5.75 Å². The third-order valence-corrected chi connectivity index (χ3v) is 6.95. The number of carbonyl (C=O) groups excluding carboxylic acids is 2. The highest BCUT2D eigenvalue weighted by Gasteiger charge is 2.22. The van der Waals surface area contributed by atoms with Crippen molar-refractivity contribution in [2.75, 3.05) is 36.9 Å². The van der Waals surface area contributed by atoms with E-state index in [0.717, 1.165) is 40.9 Å². The molecule has 0 radical (unpaired) electrons. The van der Waals surface area contributed by atoms with Gasteiger partial charge in [0.2, 0.25) is 5.95 Å². The van der Waals surface area contributed by atoms with Crippen LogP contribution in [0.4, 0.5) is 11.6 Å². The van der Waals surface area contributed by atoms with Crippen molar-refractivity contribution in [2.45, 2.75) is 26.2 Å². The number of nitrogens with zero attached hydrogens (tertiary/aromatic N) is 3. The van der Waals surface area contributed by atoms with Crippen LogP contribution in [0, 0.1) is 6.92 Å². The number of piperidine rings is 1. The van der Waals surface area contributed by atoms with E-state index in [1.165, 1.54) is 25.6 Å². The number of aryl methyl sites for hydroxylation is 1. The molecule has 1 fully saturated rings. The van der Waals surface area contributed by atoms with Gasteiger partial charge in [0.15, 0.2) is 5.69 Å². The molecule has 1 aliphatic rings. The van der Waals surface area contributed by atoms with E-state index < -0.39 is 11.8 Å². The number of benzene rings is 2. The third kappa shape index (κ3) is 6.00. The van der Waals surface area contributed by atoms with Gasteiger partial charge >= 0.3 is 0 Å². The molecule has 4 N–H and O–H groups in total. The van der Waals surface area contributed by atoms with Gasteiger partial charge in [-0.25, -0.2) is 9.97 Å². The number of carbonyl (C=O) groups is 2. The molecule has 3 heterocycles. The number of hydrogen-bond acceptors (Lipinski definition) is 6. The summed E-state index contributed by atoms with van der Waals surface area (Å²) in [6, 6.07) is 11.2. The van der Waals surface area contributed by atoms with Gasteiger partial charge in [0, 0.05) is 17.1 Å². The summed E-state index contributed by atoms with van der Waals surface area (Å²) in [5.41, 5.74) is 3.00. The predicted octanol–water partition coefficient (Wildman–Crippen LogP) is 4.73. The number of amides is 2. The third-order valence-electron chi connectivity index (χ3n) is 6.26. The molecule has 11 heteroatoms. The highest BCUT2D eigenvalue weighted by atomic mass is 79.9. The van der Waals surface area contributed by atoms with Crippen LogP contribution < -0.4 is 15.4 Å². The standard InChI is InChI=1S/C26H28BrN7O3/c1-16-5-7-18(27)20(13-16)30-24(35)22-23(29-15-28-22)25(36)33-26-31-19-8-6-17(14-21(19)32-26)37-12-11-34-9-3-2-4-10-34/h5-8,13-15H,2-4,9-12H2,1H3,(H,28,29)(H,30,35)(H2,31,32,33,36). The van der Waals surface area contributed by atoms with Gasteiger partial charge in [-0.3, -0.25) is 19.8 Å². The molecule has 2 amide bonds. The van der Waals surface area contributed by atoms with Gasteiger partial charge in [-0.2, -0.15) is 0 Å². The molecule has 0 bridgehead atoms. The number of fused-ring (bicyclic) bond motifs is 1. The van der Waals surface area contributed by atoms with Gasteiger partial charge < -0.3 is 20.0 Å². The minimum atomic E-state index is -0.539. The monoisotopic (exact) mass is 565 g/mol. The molecule has 4 aromatic rings. The van der Waals surface area contributed by atoms with E-state index >= 15 is 0 Å². The lowest BCUT2D eigenvalue weighted by Gasteiger charge is -2.26. The van der Waals surface area contributed by atoms with Gasteiger partial charge in [-0.15, -0.1) is 0 Å². The quantitative estimate of drug-likeness (QED) is 0.244. The molecule has 0 unspecified atom stereocenters. The molecule has 2 aromatic carbocycles. The minimum Gasteiger partial charge on any atom is -0.492 e. The Balaban J connectivity index is 1.23. The number of anilines is 2. The van der Waals surface area contributed by atoms with E-state index in [2.05, 4.69) is 51.4 Å². The van der Waals surface area contributed by atoms with Gasteiger partial charge in [0.1, 0.15) is 18.1 Å². The first-order valence-electron chi connectivity index (χ1n) is 12.2. The molecule has 2 aromatic heterocycles. The fraction of sp³-hybridized carbons (Fsp3) is 0.308. The zero-order valence-corrected chi connectivity index (χ0v) is 22.0. The number of likely N-dealkylation sites (tertiary alicyclic amines) is 1. The Hall–Kier alpha value is -3.70. The maximum atomic E-state index is 12.9. The first-order valence-corrected chi connectivity index (χ1v) is 13.0. The number of nitrogens with one attached hydrogen (secondary N) is 4. The van der Waals surface area contributed by atoms with E-state index in [1.807, 2.05) is 43.3 Å². The van der Waals surface area contributed by atoms with Crippen molar-refractivity contribution in [3.05, 3.63) is 64.1 Å². The molecule has 192 valence electrons. The van der Waals surface area contributed by atoms with Gasteiger partial charge in [0.05, 0.1) is 23.0 Å². The highest BCUT2D eigenvalue weighted by molar-refractivity contribution is 9.10. The number of halogens is 1. The molecule has 5 rings (SSSR count). The molecule has 0 saturated carbocycles. The van der Waals surface area contributed by atoms with E-state index in [9.17, 15) is 9.59 Å². The zero-order chi connectivity index (χ0) is 25.8. The Morgan fingerprint density at radius 2 is 1.92 bits per heavy atom. The average molecular weight is 566 g/mol. The average Bonchev–Trinajstić information content (AvgIpc) is 3.54. The summed E-state index contributed by atoms with van der Waals surface area (Å²) in [5.74, 6) is -0.0506. The van der Waals surface area contributed by atoms with Crippen molar-refractivity contribution in [2.24, 2.45) is 0 Å².